The number of likely N-dealkylation sites (tertiary alicyclic amines) is 1. The third-order valence-corrected chi connectivity index (χ3v) is 5.03. The fraction of sp³-hybridized carbons (Fsp3) is 0.562. The number of carbonyl (C=O) groups excluding carboxylic acids is 1. The highest BCUT2D eigenvalue weighted by molar-refractivity contribution is 9.10. The topological polar surface area (TPSA) is 32.3 Å². The molecule has 1 aliphatic heterocycles. The second-order valence-corrected chi connectivity index (χ2v) is 6.80. The van der Waals surface area contributed by atoms with E-state index in [2.05, 4.69) is 50.4 Å². The van der Waals surface area contributed by atoms with Crippen LogP contribution in [0.3, 0.4) is 0 Å². The number of benzene rings is 1. The van der Waals surface area contributed by atoms with E-state index in [1.165, 1.54) is 5.56 Å². The zero-order chi connectivity index (χ0) is 14.1. The van der Waals surface area contributed by atoms with Crippen molar-refractivity contribution in [3.05, 3.63) is 34.3 Å². The second-order valence-electron chi connectivity index (χ2n) is 5.89. The fourth-order valence-corrected chi connectivity index (χ4v) is 3.60. The summed E-state index contributed by atoms with van der Waals surface area (Å²) in [6, 6.07) is 8.80. The lowest BCUT2D eigenvalue weighted by molar-refractivity contribution is -0.133. The van der Waals surface area contributed by atoms with Crippen LogP contribution in [0.15, 0.2) is 28.7 Å². The van der Waals surface area contributed by atoms with E-state index in [1.807, 2.05) is 7.05 Å². The van der Waals surface area contributed by atoms with Crippen molar-refractivity contribution in [1.82, 2.24) is 10.2 Å². The van der Waals surface area contributed by atoms with E-state index in [0.29, 0.717) is 17.9 Å². The first-order chi connectivity index (χ1) is 9.70. The summed E-state index contributed by atoms with van der Waals surface area (Å²) in [5, 5.41) is 3.20. The van der Waals surface area contributed by atoms with Gasteiger partial charge in [0.05, 0.1) is 0 Å². The molecule has 20 heavy (non-hydrogen) atoms. The maximum Gasteiger partial charge on any atom is 0.226 e. The first-order valence-electron chi connectivity index (χ1n) is 7.41. The zero-order valence-corrected chi connectivity index (χ0v) is 13.4. The minimum atomic E-state index is 0.216. The largest absolute Gasteiger partial charge is 0.338 e. The predicted octanol–water partition coefficient (Wildman–Crippen LogP) is 2.76. The smallest absolute Gasteiger partial charge is 0.226 e. The molecule has 4 heteroatoms. The van der Waals surface area contributed by atoms with Crippen LogP contribution in [0.1, 0.15) is 30.7 Å². The fourth-order valence-electron chi connectivity index (χ4n) is 3.33. The third kappa shape index (κ3) is 2.77. The van der Waals surface area contributed by atoms with Crippen molar-refractivity contribution in [1.29, 1.82) is 0 Å². The van der Waals surface area contributed by atoms with Gasteiger partial charge in [-0.05, 0) is 49.9 Å². The van der Waals surface area contributed by atoms with Crippen LogP contribution in [0, 0.1) is 5.92 Å². The summed E-state index contributed by atoms with van der Waals surface area (Å²) in [5.41, 5.74) is 1.30. The van der Waals surface area contributed by atoms with Crippen LogP contribution in [0.25, 0.3) is 0 Å². The van der Waals surface area contributed by atoms with Gasteiger partial charge in [0.2, 0.25) is 5.91 Å². The molecule has 3 atom stereocenters. The number of halogens is 1. The molecule has 1 amide bonds. The van der Waals surface area contributed by atoms with Crippen LogP contribution >= 0.6 is 15.9 Å². The van der Waals surface area contributed by atoms with Crippen molar-refractivity contribution in [3.63, 3.8) is 0 Å². The predicted molar refractivity (Wildman–Crippen MR) is 83.7 cm³/mol. The number of amides is 1. The molecule has 108 valence electrons. The monoisotopic (exact) mass is 336 g/mol. The number of hydrogen-bond acceptors (Lipinski definition) is 2. The number of nitrogens with zero attached hydrogens (tertiary/aromatic N) is 1. The minimum Gasteiger partial charge on any atom is -0.338 e. The van der Waals surface area contributed by atoms with E-state index < -0.39 is 0 Å². The Morgan fingerprint density at radius 2 is 2.15 bits per heavy atom. The molecule has 1 heterocycles. The van der Waals surface area contributed by atoms with Crippen LogP contribution in [0.4, 0.5) is 0 Å². The van der Waals surface area contributed by atoms with Crippen molar-refractivity contribution in [2.24, 2.45) is 5.92 Å². The molecule has 3 rings (SSSR count). The van der Waals surface area contributed by atoms with Crippen molar-refractivity contribution in [3.8, 4) is 0 Å². The van der Waals surface area contributed by atoms with Crippen molar-refractivity contribution < 1.29 is 4.79 Å². The Morgan fingerprint density at radius 3 is 2.85 bits per heavy atom. The average Bonchev–Trinajstić information content (AvgIpc) is 3.11. The Morgan fingerprint density at radius 1 is 1.40 bits per heavy atom. The third-order valence-electron chi connectivity index (χ3n) is 4.51. The molecular formula is C16H21BrN2O. The SMILES string of the molecule is CNC[C@@H]1CCCN1C(=O)[C@H]1C[C@H]1c1ccc(Br)cc1. The molecule has 1 aromatic rings. The van der Waals surface area contributed by atoms with Crippen LogP contribution in [-0.4, -0.2) is 37.0 Å². The van der Waals surface area contributed by atoms with Gasteiger partial charge in [-0.1, -0.05) is 28.1 Å². The molecule has 1 saturated carbocycles. The van der Waals surface area contributed by atoms with Gasteiger partial charge < -0.3 is 10.2 Å². The maximum atomic E-state index is 12.6. The summed E-state index contributed by atoms with van der Waals surface area (Å²) in [4.78, 5) is 14.7. The van der Waals surface area contributed by atoms with Gasteiger partial charge >= 0.3 is 0 Å². The number of nitrogens with one attached hydrogen (secondary N) is 1. The Balaban J connectivity index is 1.63. The lowest BCUT2D eigenvalue weighted by Gasteiger charge is -2.24. The van der Waals surface area contributed by atoms with Gasteiger partial charge in [-0.2, -0.15) is 0 Å². The number of rotatable bonds is 4. The number of carbonyl (C=O) groups is 1. The molecule has 0 aromatic heterocycles. The van der Waals surface area contributed by atoms with Crippen LogP contribution < -0.4 is 5.32 Å². The van der Waals surface area contributed by atoms with Gasteiger partial charge in [-0.3, -0.25) is 4.79 Å². The molecule has 2 aliphatic rings. The number of hydrogen-bond donors (Lipinski definition) is 1. The molecule has 1 aliphatic carbocycles. The quantitative estimate of drug-likeness (QED) is 0.916. The van der Waals surface area contributed by atoms with Crippen molar-refractivity contribution in [2.75, 3.05) is 20.1 Å². The highest BCUT2D eigenvalue weighted by Gasteiger charge is 2.47. The van der Waals surface area contributed by atoms with Crippen molar-refractivity contribution in [2.45, 2.75) is 31.2 Å². The van der Waals surface area contributed by atoms with Gasteiger partial charge in [0.25, 0.3) is 0 Å². The summed E-state index contributed by atoms with van der Waals surface area (Å²) >= 11 is 3.46. The molecule has 1 saturated heterocycles. The van der Waals surface area contributed by atoms with Crippen molar-refractivity contribution >= 4 is 21.8 Å². The average molecular weight is 337 g/mol. The summed E-state index contributed by atoms with van der Waals surface area (Å²) in [6.45, 7) is 1.86. The summed E-state index contributed by atoms with van der Waals surface area (Å²) < 4.78 is 1.10. The lowest BCUT2D eigenvalue weighted by Crippen LogP contribution is -2.41. The molecular weight excluding hydrogens is 316 g/mol. The highest BCUT2D eigenvalue weighted by atomic mass is 79.9. The molecule has 0 unspecified atom stereocenters. The molecule has 0 bridgehead atoms. The van der Waals surface area contributed by atoms with Gasteiger partial charge in [0, 0.05) is 29.5 Å². The van der Waals surface area contributed by atoms with Gasteiger partial charge in [0.1, 0.15) is 0 Å². The van der Waals surface area contributed by atoms with Gasteiger partial charge in [0.15, 0.2) is 0 Å². The minimum absolute atomic E-state index is 0.216. The first-order valence-corrected chi connectivity index (χ1v) is 8.20. The van der Waals surface area contributed by atoms with Crippen LogP contribution in [0.5, 0.6) is 0 Å². The molecule has 1 N–H and O–H groups in total. The molecule has 1 aromatic carbocycles. The van der Waals surface area contributed by atoms with Crippen LogP contribution in [0.2, 0.25) is 0 Å². The highest BCUT2D eigenvalue weighted by Crippen LogP contribution is 2.49. The second kappa shape index (κ2) is 5.86. The Labute approximate surface area is 128 Å². The van der Waals surface area contributed by atoms with E-state index in [1.54, 1.807) is 0 Å². The normalized spacial score (nSPS) is 28.7. The maximum absolute atomic E-state index is 12.6. The molecule has 0 radical (unpaired) electrons. The standard InChI is InChI=1S/C16H21BrN2O/c1-18-10-13-3-2-8-19(13)16(20)15-9-14(15)11-4-6-12(17)7-5-11/h4-7,13-15,18H,2-3,8-10H2,1H3/t13-,14-,15-/m0/s1. The summed E-state index contributed by atoms with van der Waals surface area (Å²) in [7, 11) is 1.96. The van der Waals surface area contributed by atoms with E-state index in [4.69, 9.17) is 0 Å². The molecule has 3 nitrogen and oxygen atoms in total. The van der Waals surface area contributed by atoms with Gasteiger partial charge in [-0.15, -0.1) is 0 Å². The summed E-state index contributed by atoms with van der Waals surface area (Å²) in [5.74, 6) is 1.02. The van der Waals surface area contributed by atoms with E-state index in [0.717, 1.165) is 36.8 Å². The van der Waals surface area contributed by atoms with E-state index in [9.17, 15) is 4.79 Å². The first kappa shape index (κ1) is 14.1. The lowest BCUT2D eigenvalue weighted by atomic mass is 10.1. The summed E-state index contributed by atoms with van der Waals surface area (Å²) in [6.07, 6.45) is 3.30. The Bertz CT molecular complexity index is 488. The van der Waals surface area contributed by atoms with E-state index >= 15 is 0 Å². The molecule has 0 spiro atoms. The Hall–Kier alpha value is -0.870. The van der Waals surface area contributed by atoms with Gasteiger partial charge in [-0.25, -0.2) is 0 Å². The Kier molecular flexibility index (Phi) is 4.13. The van der Waals surface area contributed by atoms with E-state index in [-0.39, 0.29) is 5.92 Å². The number of likely N-dealkylation sites (N-methyl/N-ethyl adjacent to an activating group) is 1. The molecule has 2 fully saturated rings. The zero-order valence-electron chi connectivity index (χ0n) is 11.8. The van der Waals surface area contributed by atoms with Crippen LogP contribution in [-0.2, 0) is 4.79 Å².